The van der Waals surface area contributed by atoms with Gasteiger partial charge in [0.05, 0.1) is 0 Å². The van der Waals surface area contributed by atoms with E-state index in [2.05, 4.69) is 36.3 Å². The van der Waals surface area contributed by atoms with Gasteiger partial charge in [0.25, 0.3) is 0 Å². The van der Waals surface area contributed by atoms with Gasteiger partial charge in [0, 0.05) is 30.2 Å². The van der Waals surface area contributed by atoms with E-state index in [1.54, 1.807) is 12.7 Å². The minimum absolute atomic E-state index is 0.189. The molecule has 1 amide bonds. The van der Waals surface area contributed by atoms with E-state index in [0.717, 1.165) is 38.0 Å². The van der Waals surface area contributed by atoms with Crippen LogP contribution < -0.4 is 4.57 Å². The van der Waals surface area contributed by atoms with Gasteiger partial charge in [-0.05, 0) is 42.4 Å². The first-order chi connectivity index (χ1) is 13.2. The lowest BCUT2D eigenvalue weighted by molar-refractivity contribution is -0.681. The Balaban J connectivity index is 1.41. The van der Waals surface area contributed by atoms with Gasteiger partial charge < -0.3 is 14.3 Å². The molecular formula is C22H28N3O2+. The normalized spacial score (nSPS) is 15.6. The molecule has 1 fully saturated rings. The highest BCUT2D eigenvalue weighted by Crippen LogP contribution is 2.33. The molecule has 0 bridgehead atoms. The summed E-state index contributed by atoms with van der Waals surface area (Å²) < 4.78 is 7.02. The number of carbonyl (C=O) groups is 1. The van der Waals surface area contributed by atoms with Crippen LogP contribution in [0.15, 0.2) is 41.5 Å². The summed E-state index contributed by atoms with van der Waals surface area (Å²) in [5.74, 6) is 0.707. The highest BCUT2D eigenvalue weighted by atomic mass is 16.3. The van der Waals surface area contributed by atoms with Gasteiger partial charge in [-0.2, -0.15) is 4.57 Å². The number of aromatic amines is 1. The average molecular weight is 366 g/mol. The molecule has 0 aliphatic carbocycles. The molecule has 4 rings (SSSR count). The molecule has 0 atom stereocenters. The fraction of sp³-hybridized carbons (Fsp3) is 0.455. The van der Waals surface area contributed by atoms with Crippen LogP contribution in [0.1, 0.15) is 48.9 Å². The average Bonchev–Trinajstić information content (AvgIpc) is 3.28. The number of fused-ring (bicyclic) bond motifs is 1. The largest absolute Gasteiger partial charge is 0.412 e. The number of piperidine rings is 1. The minimum Gasteiger partial charge on any atom is -0.412 e. The van der Waals surface area contributed by atoms with Crippen LogP contribution in [0.4, 0.5) is 0 Å². The van der Waals surface area contributed by atoms with Gasteiger partial charge in [0.2, 0.25) is 11.6 Å². The predicted molar refractivity (Wildman–Crippen MR) is 104 cm³/mol. The maximum atomic E-state index is 12.6. The third-order valence-corrected chi connectivity index (χ3v) is 5.81. The van der Waals surface area contributed by atoms with Crippen molar-refractivity contribution in [2.45, 2.75) is 44.9 Å². The third kappa shape index (κ3) is 3.64. The molecule has 5 nitrogen and oxygen atoms in total. The molecule has 0 spiro atoms. The maximum Gasteiger partial charge on any atom is 0.334 e. The zero-order valence-electron chi connectivity index (χ0n) is 16.2. The van der Waals surface area contributed by atoms with Gasteiger partial charge in [0.1, 0.15) is 13.5 Å². The van der Waals surface area contributed by atoms with Crippen LogP contribution in [0, 0.1) is 0 Å². The maximum absolute atomic E-state index is 12.6. The van der Waals surface area contributed by atoms with Crippen LogP contribution in [-0.4, -0.2) is 28.9 Å². The van der Waals surface area contributed by atoms with Crippen molar-refractivity contribution < 1.29 is 13.8 Å². The van der Waals surface area contributed by atoms with Crippen molar-refractivity contribution in [3.05, 3.63) is 53.9 Å². The second kappa shape index (κ2) is 7.59. The minimum atomic E-state index is 0.189. The first-order valence-corrected chi connectivity index (χ1v) is 9.94. The Morgan fingerprint density at radius 2 is 2.15 bits per heavy atom. The van der Waals surface area contributed by atoms with Crippen LogP contribution in [0.2, 0.25) is 0 Å². The number of carbonyl (C=O) groups excluding carboxylic acids is 1. The van der Waals surface area contributed by atoms with Gasteiger partial charge in [-0.25, -0.2) is 0 Å². The number of aryl methyl sites for hydroxylation is 2. The fourth-order valence-corrected chi connectivity index (χ4v) is 4.20. The van der Waals surface area contributed by atoms with Crippen molar-refractivity contribution in [3.63, 3.8) is 0 Å². The van der Waals surface area contributed by atoms with Crippen molar-refractivity contribution >= 4 is 16.8 Å². The number of aromatic nitrogens is 2. The number of hydrogen-bond donors (Lipinski definition) is 1. The molecule has 1 N–H and O–H groups in total. The lowest BCUT2D eigenvalue weighted by atomic mass is 9.89. The molecule has 2 aromatic heterocycles. The van der Waals surface area contributed by atoms with Gasteiger partial charge >= 0.3 is 6.39 Å². The molecule has 1 aliphatic heterocycles. The number of rotatable bonds is 5. The highest BCUT2D eigenvalue weighted by molar-refractivity contribution is 5.84. The van der Waals surface area contributed by atoms with E-state index in [-0.39, 0.29) is 5.91 Å². The molecule has 0 radical (unpaired) electrons. The number of hydrogen-bond acceptors (Lipinski definition) is 2. The molecule has 1 saturated heterocycles. The Morgan fingerprint density at radius 1 is 1.33 bits per heavy atom. The van der Waals surface area contributed by atoms with E-state index in [0.29, 0.717) is 12.3 Å². The lowest BCUT2D eigenvalue weighted by Crippen LogP contribution is -2.41. The molecule has 0 unspecified atom stereocenters. The topological polar surface area (TPSA) is 53.1 Å². The second-order valence-corrected chi connectivity index (χ2v) is 7.67. The van der Waals surface area contributed by atoms with Crippen LogP contribution in [0.3, 0.4) is 0 Å². The molecule has 1 aromatic carbocycles. The summed E-state index contributed by atoms with van der Waals surface area (Å²) in [4.78, 5) is 18.0. The molecule has 0 saturated carbocycles. The Labute approximate surface area is 160 Å². The van der Waals surface area contributed by atoms with Crippen LogP contribution >= 0.6 is 0 Å². The first-order valence-electron chi connectivity index (χ1n) is 9.94. The number of nitrogens with one attached hydrogen (secondary N) is 1. The summed E-state index contributed by atoms with van der Waals surface area (Å²) >= 11 is 0. The SMILES string of the molecule is CCCc1ccc2c(C3CCN(C(=O)Cc4coc[n+]4C)CC3)c[nH]c2c1. The number of benzene rings is 1. The van der Waals surface area contributed by atoms with E-state index >= 15 is 0 Å². The zero-order chi connectivity index (χ0) is 18.8. The quantitative estimate of drug-likeness (QED) is 0.703. The van der Waals surface area contributed by atoms with Crippen molar-refractivity contribution in [2.75, 3.05) is 13.1 Å². The Bertz CT molecular complexity index is 932. The molecular weight excluding hydrogens is 338 g/mol. The number of amides is 1. The molecule has 3 heterocycles. The van der Waals surface area contributed by atoms with Crippen LogP contribution in [0.25, 0.3) is 10.9 Å². The Kier molecular flexibility index (Phi) is 5.01. The summed E-state index contributed by atoms with van der Waals surface area (Å²) in [5.41, 5.74) is 4.95. The molecule has 27 heavy (non-hydrogen) atoms. The van der Waals surface area contributed by atoms with Crippen molar-refractivity contribution in [1.29, 1.82) is 0 Å². The van der Waals surface area contributed by atoms with E-state index in [9.17, 15) is 4.79 Å². The smallest absolute Gasteiger partial charge is 0.334 e. The van der Waals surface area contributed by atoms with Gasteiger partial charge in [-0.15, -0.1) is 0 Å². The lowest BCUT2D eigenvalue weighted by Gasteiger charge is -2.31. The summed E-state index contributed by atoms with van der Waals surface area (Å²) in [7, 11) is 1.90. The number of H-pyrrole nitrogens is 1. The van der Waals surface area contributed by atoms with Crippen molar-refractivity contribution in [2.24, 2.45) is 7.05 Å². The van der Waals surface area contributed by atoms with E-state index in [1.807, 2.05) is 16.5 Å². The standard InChI is InChI=1S/C22H28N3O2/c1-3-4-16-5-6-19-20(13-23-21(19)11-16)17-7-9-25(10-8-17)22(26)12-18-14-27-15-24(18)2/h5-6,11,13-15,17,23H,3-4,7-10,12H2,1-2H3/q+1. The van der Waals surface area contributed by atoms with Gasteiger partial charge in [0.15, 0.2) is 6.26 Å². The summed E-state index contributed by atoms with van der Waals surface area (Å²) in [5, 5.41) is 1.34. The van der Waals surface area contributed by atoms with Crippen LogP contribution in [0.5, 0.6) is 0 Å². The third-order valence-electron chi connectivity index (χ3n) is 5.81. The van der Waals surface area contributed by atoms with Gasteiger partial charge in [-0.1, -0.05) is 25.5 Å². The summed E-state index contributed by atoms with van der Waals surface area (Å²) in [6, 6.07) is 6.81. The monoisotopic (exact) mass is 366 g/mol. The molecule has 1 aliphatic rings. The van der Waals surface area contributed by atoms with E-state index in [4.69, 9.17) is 4.42 Å². The highest BCUT2D eigenvalue weighted by Gasteiger charge is 2.27. The fourth-order valence-electron chi connectivity index (χ4n) is 4.20. The Hall–Kier alpha value is -2.56. The second-order valence-electron chi connectivity index (χ2n) is 7.67. The number of nitrogens with zero attached hydrogens (tertiary/aromatic N) is 2. The van der Waals surface area contributed by atoms with E-state index in [1.165, 1.54) is 28.5 Å². The number of oxazole rings is 1. The molecule has 5 heteroatoms. The molecule has 142 valence electrons. The molecule has 3 aromatic rings. The van der Waals surface area contributed by atoms with Gasteiger partial charge in [-0.3, -0.25) is 4.79 Å². The predicted octanol–water partition coefficient (Wildman–Crippen LogP) is 3.49. The summed E-state index contributed by atoms with van der Waals surface area (Å²) in [6.45, 7) is 3.86. The van der Waals surface area contributed by atoms with Crippen molar-refractivity contribution in [1.82, 2.24) is 9.88 Å². The zero-order valence-corrected chi connectivity index (χ0v) is 16.2. The first kappa shape index (κ1) is 17.8. The van der Waals surface area contributed by atoms with Crippen molar-refractivity contribution in [3.8, 4) is 0 Å². The van der Waals surface area contributed by atoms with Crippen LogP contribution in [-0.2, 0) is 24.7 Å². The Morgan fingerprint density at radius 3 is 2.85 bits per heavy atom. The number of likely N-dealkylation sites (tertiary alicyclic amines) is 1. The van der Waals surface area contributed by atoms with E-state index < -0.39 is 0 Å². The summed E-state index contributed by atoms with van der Waals surface area (Å²) in [6.07, 6.45) is 10.2.